The molecule has 0 amide bonds. The standard InChI is InChI=1S/C36H44O2/c1-24(2)21-33(25(3)4)28-16-18-32(19-17-28)37-35(38-36-20-8-11-30-22-31(23-36)34(30)36)29-14-12-27(13-15-29)26-9-6-5-7-10-26/h5-7,9-10,12-19,24-25,30-31,33-35H,8,11,20-23H2,1-4H3. The minimum absolute atomic E-state index is 0.00848. The maximum Gasteiger partial charge on any atom is 0.227 e. The summed E-state index contributed by atoms with van der Waals surface area (Å²) in [5, 5.41) is 0. The lowest BCUT2D eigenvalue weighted by Crippen LogP contribution is -2.67. The average Bonchev–Trinajstić information content (AvgIpc) is 2.89. The first-order chi connectivity index (χ1) is 18.4. The van der Waals surface area contributed by atoms with Crippen molar-refractivity contribution in [3.05, 3.63) is 90.0 Å². The fourth-order valence-electron chi connectivity index (χ4n) is 7.83. The SMILES string of the molecule is CC(C)CC(c1ccc(OC(OC23CCCC4CC(C2)C43)c2ccc(-c3ccccc3)cc2)cc1)C(C)C. The van der Waals surface area contributed by atoms with Crippen molar-refractivity contribution < 1.29 is 9.47 Å². The summed E-state index contributed by atoms with van der Waals surface area (Å²) in [4.78, 5) is 0. The van der Waals surface area contributed by atoms with Crippen LogP contribution in [0.3, 0.4) is 0 Å². The summed E-state index contributed by atoms with van der Waals surface area (Å²) in [6.07, 6.45) is 7.30. The molecule has 0 radical (unpaired) electrons. The highest BCUT2D eigenvalue weighted by molar-refractivity contribution is 5.63. The van der Waals surface area contributed by atoms with Crippen molar-refractivity contribution >= 4 is 0 Å². The van der Waals surface area contributed by atoms with E-state index in [1.165, 1.54) is 55.2 Å². The van der Waals surface area contributed by atoms with Gasteiger partial charge in [-0.3, -0.25) is 0 Å². The summed E-state index contributed by atoms with van der Waals surface area (Å²) in [5.74, 6) is 5.28. The summed E-state index contributed by atoms with van der Waals surface area (Å²) in [7, 11) is 0. The van der Waals surface area contributed by atoms with E-state index in [1.54, 1.807) is 0 Å². The molecule has 38 heavy (non-hydrogen) atoms. The third-order valence-corrected chi connectivity index (χ3v) is 9.72. The highest BCUT2D eigenvalue weighted by Gasteiger charge is 2.65. The largest absolute Gasteiger partial charge is 0.461 e. The first kappa shape index (κ1) is 25.7. The first-order valence-electron chi connectivity index (χ1n) is 15.0. The highest BCUT2D eigenvalue weighted by Crippen LogP contribution is 2.67. The van der Waals surface area contributed by atoms with Gasteiger partial charge < -0.3 is 9.47 Å². The van der Waals surface area contributed by atoms with Gasteiger partial charge in [0.05, 0.1) is 5.60 Å². The van der Waals surface area contributed by atoms with E-state index in [1.807, 2.05) is 0 Å². The molecule has 3 saturated carbocycles. The van der Waals surface area contributed by atoms with Crippen molar-refractivity contribution in [2.75, 3.05) is 0 Å². The topological polar surface area (TPSA) is 18.5 Å². The molecule has 6 atom stereocenters. The zero-order chi connectivity index (χ0) is 26.3. The van der Waals surface area contributed by atoms with Crippen molar-refractivity contribution in [2.24, 2.45) is 29.6 Å². The van der Waals surface area contributed by atoms with Crippen molar-refractivity contribution in [1.29, 1.82) is 0 Å². The van der Waals surface area contributed by atoms with Gasteiger partial charge in [-0.25, -0.2) is 0 Å². The molecule has 0 N–H and O–H groups in total. The molecule has 0 saturated heterocycles. The number of ether oxygens (including phenoxy) is 2. The van der Waals surface area contributed by atoms with Crippen LogP contribution < -0.4 is 4.74 Å². The second-order valence-electron chi connectivity index (χ2n) is 13.0. The number of benzene rings is 3. The second kappa shape index (κ2) is 10.5. The monoisotopic (exact) mass is 508 g/mol. The van der Waals surface area contributed by atoms with Gasteiger partial charge >= 0.3 is 0 Å². The second-order valence-corrected chi connectivity index (χ2v) is 13.0. The Morgan fingerprint density at radius 2 is 1.47 bits per heavy atom. The lowest BCUT2D eigenvalue weighted by Gasteiger charge is -2.68. The molecule has 3 aliphatic carbocycles. The van der Waals surface area contributed by atoms with Gasteiger partial charge in [0.15, 0.2) is 0 Å². The van der Waals surface area contributed by atoms with E-state index in [4.69, 9.17) is 9.47 Å². The van der Waals surface area contributed by atoms with Gasteiger partial charge in [0.25, 0.3) is 0 Å². The Morgan fingerprint density at radius 1 is 0.789 bits per heavy atom. The normalized spacial score (nSPS) is 27.3. The molecule has 2 heteroatoms. The zero-order valence-electron chi connectivity index (χ0n) is 23.6. The Labute approximate surface area is 229 Å². The van der Waals surface area contributed by atoms with E-state index < -0.39 is 0 Å². The van der Waals surface area contributed by atoms with Crippen molar-refractivity contribution in [1.82, 2.24) is 0 Å². The van der Waals surface area contributed by atoms with Crippen LogP contribution in [0.1, 0.15) is 89.6 Å². The van der Waals surface area contributed by atoms with E-state index in [2.05, 4.69) is 107 Å². The fraction of sp³-hybridized carbons (Fsp3) is 0.500. The number of hydrogen-bond donors (Lipinski definition) is 0. The summed E-state index contributed by atoms with van der Waals surface area (Å²) >= 11 is 0. The molecule has 0 heterocycles. The van der Waals surface area contributed by atoms with E-state index >= 15 is 0 Å². The molecular weight excluding hydrogens is 464 g/mol. The molecule has 0 spiro atoms. The Balaban J connectivity index is 1.25. The van der Waals surface area contributed by atoms with Crippen molar-refractivity contribution in [3.8, 4) is 16.9 Å². The Bertz CT molecular complexity index is 1190. The quantitative estimate of drug-likeness (QED) is 0.254. The minimum Gasteiger partial charge on any atom is -0.461 e. The predicted molar refractivity (Wildman–Crippen MR) is 156 cm³/mol. The number of hydrogen-bond acceptors (Lipinski definition) is 2. The van der Waals surface area contributed by atoms with E-state index in [0.29, 0.717) is 17.8 Å². The molecule has 3 aromatic rings. The molecule has 2 nitrogen and oxygen atoms in total. The minimum atomic E-state index is -0.387. The van der Waals surface area contributed by atoms with Crippen LogP contribution in [0.5, 0.6) is 5.75 Å². The van der Waals surface area contributed by atoms with Crippen molar-refractivity contribution in [2.45, 2.75) is 84.0 Å². The van der Waals surface area contributed by atoms with Gasteiger partial charge in [0.1, 0.15) is 5.75 Å². The van der Waals surface area contributed by atoms with Crippen LogP contribution in [-0.4, -0.2) is 5.60 Å². The smallest absolute Gasteiger partial charge is 0.227 e. The van der Waals surface area contributed by atoms with Crippen LogP contribution in [0.4, 0.5) is 0 Å². The van der Waals surface area contributed by atoms with Crippen LogP contribution in [0.2, 0.25) is 0 Å². The van der Waals surface area contributed by atoms with Crippen molar-refractivity contribution in [3.63, 3.8) is 0 Å². The van der Waals surface area contributed by atoms with Crippen LogP contribution in [-0.2, 0) is 4.74 Å². The highest BCUT2D eigenvalue weighted by atomic mass is 16.7. The lowest BCUT2D eigenvalue weighted by atomic mass is 9.41. The van der Waals surface area contributed by atoms with Crippen LogP contribution in [0, 0.1) is 29.6 Å². The molecule has 3 fully saturated rings. The summed E-state index contributed by atoms with van der Waals surface area (Å²) in [6.45, 7) is 9.31. The Kier molecular flexibility index (Phi) is 7.12. The maximum absolute atomic E-state index is 7.06. The number of rotatable bonds is 10. The molecule has 6 rings (SSSR count). The average molecular weight is 509 g/mol. The van der Waals surface area contributed by atoms with E-state index in [9.17, 15) is 0 Å². The van der Waals surface area contributed by atoms with Gasteiger partial charge in [-0.2, -0.15) is 0 Å². The fourth-order valence-corrected chi connectivity index (χ4v) is 7.83. The van der Waals surface area contributed by atoms with Gasteiger partial charge in [0, 0.05) is 5.56 Å². The van der Waals surface area contributed by atoms with Gasteiger partial charge in [-0.15, -0.1) is 0 Å². The molecule has 200 valence electrons. The summed E-state index contributed by atoms with van der Waals surface area (Å²) in [5.41, 5.74) is 4.98. The summed E-state index contributed by atoms with van der Waals surface area (Å²) in [6, 6.07) is 28.3. The van der Waals surface area contributed by atoms with Gasteiger partial charge in [-0.1, -0.05) is 101 Å². The molecule has 6 unspecified atom stereocenters. The third-order valence-electron chi connectivity index (χ3n) is 9.72. The third kappa shape index (κ3) is 4.93. The Morgan fingerprint density at radius 3 is 2.13 bits per heavy atom. The maximum atomic E-state index is 7.06. The van der Waals surface area contributed by atoms with Gasteiger partial charge in [0.2, 0.25) is 6.29 Å². The molecule has 0 aromatic heterocycles. The first-order valence-corrected chi connectivity index (χ1v) is 15.0. The summed E-state index contributed by atoms with van der Waals surface area (Å²) < 4.78 is 13.8. The molecule has 3 aromatic carbocycles. The Hall–Kier alpha value is -2.58. The van der Waals surface area contributed by atoms with E-state index in [0.717, 1.165) is 29.1 Å². The molecule has 0 bridgehead atoms. The van der Waals surface area contributed by atoms with Crippen LogP contribution >= 0.6 is 0 Å². The van der Waals surface area contributed by atoms with Crippen LogP contribution in [0.25, 0.3) is 11.1 Å². The van der Waals surface area contributed by atoms with Gasteiger partial charge in [-0.05, 0) is 96.4 Å². The van der Waals surface area contributed by atoms with E-state index in [-0.39, 0.29) is 11.9 Å². The molecular formula is C36H44O2. The molecule has 3 aliphatic rings. The zero-order valence-corrected chi connectivity index (χ0v) is 23.6. The predicted octanol–water partition coefficient (Wildman–Crippen LogP) is 9.81. The van der Waals surface area contributed by atoms with Crippen LogP contribution in [0.15, 0.2) is 78.9 Å². The lowest BCUT2D eigenvalue weighted by molar-refractivity contribution is -0.312. The molecule has 0 aliphatic heterocycles.